The molecule has 1 aromatic heterocycles. The van der Waals surface area contributed by atoms with E-state index in [1.807, 2.05) is 24.3 Å². The molecule has 3 aromatic rings. The molecule has 8 heteroatoms. The summed E-state index contributed by atoms with van der Waals surface area (Å²) in [5.74, 6) is -2.26. The number of halogens is 3. The van der Waals surface area contributed by atoms with Crippen LogP contribution in [0, 0.1) is 11.6 Å². The second kappa shape index (κ2) is 8.26. The van der Waals surface area contributed by atoms with Gasteiger partial charge < -0.3 is 5.32 Å². The van der Waals surface area contributed by atoms with E-state index in [-0.39, 0.29) is 17.3 Å². The van der Waals surface area contributed by atoms with Gasteiger partial charge in [0.2, 0.25) is 0 Å². The Balaban J connectivity index is 0.00000240. The summed E-state index contributed by atoms with van der Waals surface area (Å²) in [6.07, 6.45) is 4.12. The van der Waals surface area contributed by atoms with Crippen LogP contribution in [0.2, 0.25) is 0 Å². The highest BCUT2D eigenvalue weighted by Crippen LogP contribution is 2.37. The number of fused-ring (bicyclic) bond motifs is 3. The molecule has 0 fully saturated rings. The molecule has 0 radical (unpaired) electrons. The Morgan fingerprint density at radius 1 is 1.07 bits per heavy atom. The number of rotatable bonds is 4. The van der Waals surface area contributed by atoms with Crippen LogP contribution in [0.1, 0.15) is 23.1 Å². The van der Waals surface area contributed by atoms with Gasteiger partial charge in [0, 0.05) is 18.3 Å². The molecule has 0 saturated heterocycles. The average molecular weight is 439 g/mol. The van der Waals surface area contributed by atoms with Crippen LogP contribution < -0.4 is 5.32 Å². The number of nitrogens with zero attached hydrogens (tertiary/aromatic N) is 1. The van der Waals surface area contributed by atoms with Crippen molar-refractivity contribution >= 4 is 22.4 Å². The maximum Gasteiger partial charge on any atom is 0.268 e. The lowest BCUT2D eigenvalue weighted by Gasteiger charge is -2.13. The van der Waals surface area contributed by atoms with E-state index in [4.69, 9.17) is 0 Å². The van der Waals surface area contributed by atoms with Gasteiger partial charge in [0.1, 0.15) is 0 Å². The molecule has 1 heterocycles. The van der Waals surface area contributed by atoms with E-state index < -0.39 is 21.7 Å². The Morgan fingerprint density at radius 2 is 1.83 bits per heavy atom. The summed E-state index contributed by atoms with van der Waals surface area (Å²) in [7, 11) is -2.29. The maximum absolute atomic E-state index is 13.7. The van der Waals surface area contributed by atoms with Crippen molar-refractivity contribution in [2.45, 2.75) is 30.7 Å². The van der Waals surface area contributed by atoms with Gasteiger partial charge in [-0.3, -0.25) is 0 Å². The molecule has 0 aliphatic heterocycles. The fourth-order valence-corrected chi connectivity index (χ4v) is 5.27. The Bertz CT molecular complexity index is 1160. The van der Waals surface area contributed by atoms with E-state index in [1.54, 1.807) is 13.2 Å². The van der Waals surface area contributed by atoms with Gasteiger partial charge in [0.15, 0.2) is 11.6 Å². The van der Waals surface area contributed by atoms with Crippen molar-refractivity contribution in [3.8, 4) is 11.3 Å². The maximum atomic E-state index is 13.7. The molecule has 1 aliphatic carbocycles. The van der Waals surface area contributed by atoms with Crippen molar-refractivity contribution in [1.29, 1.82) is 0 Å². The summed E-state index contributed by atoms with van der Waals surface area (Å²) in [4.78, 5) is -0.276. The SMILES string of the molecule is CNCc1cn(S(=O)(=O)c2ccc(F)c(F)c2)c2c1CCCc1ccccc1-2.Cl. The monoisotopic (exact) mass is 438 g/mol. The second-order valence-electron chi connectivity index (χ2n) is 6.90. The minimum atomic E-state index is -4.09. The fourth-order valence-electron chi connectivity index (χ4n) is 3.84. The van der Waals surface area contributed by atoms with Crippen molar-refractivity contribution in [1.82, 2.24) is 9.29 Å². The number of hydrogen-bond acceptors (Lipinski definition) is 3. The van der Waals surface area contributed by atoms with Crippen molar-refractivity contribution in [2.75, 3.05) is 7.05 Å². The van der Waals surface area contributed by atoms with E-state index in [0.29, 0.717) is 12.2 Å². The topological polar surface area (TPSA) is 51.1 Å². The van der Waals surface area contributed by atoms with Crippen LogP contribution in [0.4, 0.5) is 8.78 Å². The first-order valence-corrected chi connectivity index (χ1v) is 10.5. The molecule has 0 amide bonds. The first-order valence-electron chi connectivity index (χ1n) is 9.10. The molecule has 1 aliphatic rings. The van der Waals surface area contributed by atoms with Gasteiger partial charge >= 0.3 is 0 Å². The third-order valence-electron chi connectivity index (χ3n) is 5.13. The van der Waals surface area contributed by atoms with Gasteiger partial charge in [-0.2, -0.15) is 0 Å². The highest BCUT2D eigenvalue weighted by atomic mass is 35.5. The zero-order valence-electron chi connectivity index (χ0n) is 15.8. The second-order valence-corrected chi connectivity index (χ2v) is 8.71. The lowest BCUT2D eigenvalue weighted by molar-refractivity contribution is 0.504. The number of aryl methyl sites for hydroxylation is 1. The Kier molecular flexibility index (Phi) is 6.12. The van der Waals surface area contributed by atoms with Crippen LogP contribution in [0.15, 0.2) is 53.6 Å². The Morgan fingerprint density at radius 3 is 2.55 bits per heavy atom. The first kappa shape index (κ1) is 21.5. The van der Waals surface area contributed by atoms with Gasteiger partial charge in [-0.05, 0) is 61.2 Å². The van der Waals surface area contributed by atoms with Gasteiger partial charge in [-0.25, -0.2) is 21.2 Å². The molecule has 1 N–H and O–H groups in total. The summed E-state index contributed by atoms with van der Waals surface area (Å²) in [6.45, 7) is 0.519. The minimum absolute atomic E-state index is 0. The first-order chi connectivity index (χ1) is 13.4. The summed E-state index contributed by atoms with van der Waals surface area (Å²) in [5, 5.41) is 3.08. The lowest BCUT2D eigenvalue weighted by atomic mass is 10.0. The Hall–Kier alpha value is -2.22. The van der Waals surface area contributed by atoms with Gasteiger partial charge in [0.25, 0.3) is 10.0 Å². The number of nitrogens with one attached hydrogen (secondary N) is 1. The molecule has 0 atom stereocenters. The molecule has 154 valence electrons. The third-order valence-corrected chi connectivity index (χ3v) is 6.78. The number of benzene rings is 2. The van der Waals surface area contributed by atoms with E-state index in [0.717, 1.165) is 59.7 Å². The fraction of sp³-hybridized carbons (Fsp3) is 0.238. The van der Waals surface area contributed by atoms with Crippen LogP contribution >= 0.6 is 12.4 Å². The largest absolute Gasteiger partial charge is 0.316 e. The molecule has 0 saturated carbocycles. The normalized spacial score (nSPS) is 13.2. The molecule has 0 unspecified atom stereocenters. The molecule has 0 bridgehead atoms. The standard InChI is InChI=1S/C21H20F2N2O2S.ClH/c1-24-12-15-13-25(28(26,27)16-9-10-19(22)20(23)11-16)21-17-7-3-2-5-14(17)6-4-8-18(15)21;/h2-3,5,7,9-11,13,24H,4,6,8,12H2,1H3;1H. The summed E-state index contributed by atoms with van der Waals surface area (Å²) >= 11 is 0. The van der Waals surface area contributed by atoms with Crippen LogP contribution in [0.25, 0.3) is 11.3 Å². The number of aromatic nitrogens is 1. The van der Waals surface area contributed by atoms with Gasteiger partial charge in [0.05, 0.1) is 10.6 Å². The van der Waals surface area contributed by atoms with Crippen molar-refractivity contribution in [3.63, 3.8) is 0 Å². The van der Waals surface area contributed by atoms with E-state index in [9.17, 15) is 17.2 Å². The molecular weight excluding hydrogens is 418 g/mol. The van der Waals surface area contributed by atoms with E-state index in [1.165, 1.54) is 3.97 Å². The zero-order chi connectivity index (χ0) is 19.9. The van der Waals surface area contributed by atoms with Crippen LogP contribution in [-0.4, -0.2) is 19.4 Å². The third kappa shape index (κ3) is 3.70. The van der Waals surface area contributed by atoms with Gasteiger partial charge in [-0.1, -0.05) is 24.3 Å². The summed E-state index contributed by atoms with van der Waals surface area (Å²) in [5.41, 5.74) is 4.43. The van der Waals surface area contributed by atoms with E-state index >= 15 is 0 Å². The highest BCUT2D eigenvalue weighted by Gasteiger charge is 2.28. The minimum Gasteiger partial charge on any atom is -0.316 e. The molecular formula is C21H21ClF2N2O2S. The molecule has 2 aromatic carbocycles. The zero-order valence-corrected chi connectivity index (χ0v) is 17.4. The average Bonchev–Trinajstić information content (AvgIpc) is 2.92. The summed E-state index contributed by atoms with van der Waals surface area (Å²) in [6, 6.07) is 10.4. The predicted molar refractivity (Wildman–Crippen MR) is 111 cm³/mol. The van der Waals surface area contributed by atoms with Gasteiger partial charge in [-0.15, -0.1) is 12.4 Å². The van der Waals surface area contributed by atoms with Crippen LogP contribution in [0.5, 0.6) is 0 Å². The predicted octanol–water partition coefficient (Wildman–Crippen LogP) is 4.30. The van der Waals surface area contributed by atoms with Crippen LogP contribution in [-0.2, 0) is 29.4 Å². The summed E-state index contributed by atoms with van der Waals surface area (Å²) < 4.78 is 55.0. The molecule has 4 rings (SSSR count). The van der Waals surface area contributed by atoms with Crippen molar-refractivity contribution < 1.29 is 17.2 Å². The smallest absolute Gasteiger partial charge is 0.268 e. The van der Waals surface area contributed by atoms with Crippen molar-refractivity contribution in [3.05, 3.63) is 77.0 Å². The van der Waals surface area contributed by atoms with Crippen LogP contribution in [0.3, 0.4) is 0 Å². The molecule has 29 heavy (non-hydrogen) atoms. The lowest BCUT2D eigenvalue weighted by Crippen LogP contribution is -2.14. The molecule has 0 spiro atoms. The highest BCUT2D eigenvalue weighted by molar-refractivity contribution is 7.90. The molecule has 4 nitrogen and oxygen atoms in total. The van der Waals surface area contributed by atoms with Crippen molar-refractivity contribution in [2.24, 2.45) is 0 Å². The quantitative estimate of drug-likeness (QED) is 0.660. The van der Waals surface area contributed by atoms with E-state index in [2.05, 4.69) is 5.32 Å². The Labute approximate surface area is 175 Å². The number of hydrogen-bond donors (Lipinski definition) is 1.